The third kappa shape index (κ3) is 2.43. The van der Waals surface area contributed by atoms with E-state index < -0.39 is 22.8 Å². The van der Waals surface area contributed by atoms with Crippen LogP contribution in [0.3, 0.4) is 0 Å². The van der Waals surface area contributed by atoms with Gasteiger partial charge in [0.25, 0.3) is 0 Å². The highest BCUT2D eigenvalue weighted by Crippen LogP contribution is 2.60. The van der Waals surface area contributed by atoms with Crippen LogP contribution in [0.25, 0.3) is 0 Å². The number of carboxylic acids is 2. The van der Waals surface area contributed by atoms with E-state index in [9.17, 15) is 14.7 Å². The molecule has 0 heterocycles. The van der Waals surface area contributed by atoms with E-state index in [1.807, 2.05) is 38.1 Å². The highest BCUT2D eigenvalue weighted by molar-refractivity contribution is 5.76. The summed E-state index contributed by atoms with van der Waals surface area (Å²) in [4.78, 5) is 22.7. The van der Waals surface area contributed by atoms with Gasteiger partial charge in [-0.05, 0) is 42.2 Å². The molecule has 0 amide bonds. The van der Waals surface area contributed by atoms with Gasteiger partial charge in [0.05, 0.1) is 11.8 Å². The van der Waals surface area contributed by atoms with Crippen LogP contribution in [0, 0.1) is 10.8 Å². The van der Waals surface area contributed by atoms with E-state index >= 15 is 0 Å². The predicted molar refractivity (Wildman–Crippen MR) is 79.3 cm³/mol. The minimum atomic E-state index is -0.862. The zero-order chi connectivity index (χ0) is 15.8. The molecule has 4 nitrogen and oxygen atoms in total. The maximum Gasteiger partial charge on any atom is 0.309 e. The first-order valence-electron chi connectivity index (χ1n) is 7.23. The fourth-order valence-corrected chi connectivity index (χ4v) is 3.63. The van der Waals surface area contributed by atoms with Crippen molar-refractivity contribution in [3.8, 4) is 0 Å². The molecule has 2 rings (SSSR count). The second-order valence-electron chi connectivity index (χ2n) is 6.72. The van der Waals surface area contributed by atoms with Gasteiger partial charge >= 0.3 is 11.9 Å². The molecule has 2 N–H and O–H groups in total. The smallest absolute Gasteiger partial charge is 0.309 e. The maximum absolute atomic E-state index is 11.7. The number of benzene rings is 1. The number of aliphatic carboxylic acids is 2. The zero-order valence-corrected chi connectivity index (χ0v) is 12.7. The Bertz CT molecular complexity index is 576. The van der Waals surface area contributed by atoms with Crippen molar-refractivity contribution < 1.29 is 19.8 Å². The number of carboxylic acid groups (broad SMARTS) is 2. The summed E-state index contributed by atoms with van der Waals surface area (Å²) in [6.45, 7) is 5.77. The Morgan fingerprint density at radius 2 is 1.81 bits per heavy atom. The van der Waals surface area contributed by atoms with Gasteiger partial charge in [-0.1, -0.05) is 38.1 Å². The molecule has 21 heavy (non-hydrogen) atoms. The fraction of sp³-hybridized carbons (Fsp3) is 0.529. The molecule has 1 saturated carbocycles. The first-order chi connectivity index (χ1) is 9.70. The molecule has 0 spiro atoms. The standard InChI is InChI=1S/C17H22O4/c1-16(2)13(8-9-17(16,3)15(20)21)12-7-5-4-6-11(12)10-14(18)19/h4-7,13H,8-10H2,1-3H3,(H,18,19)(H,20,21). The van der Waals surface area contributed by atoms with Crippen molar-refractivity contribution in [2.75, 3.05) is 0 Å². The lowest BCUT2D eigenvalue weighted by Gasteiger charge is -2.39. The molecule has 0 aliphatic heterocycles. The van der Waals surface area contributed by atoms with E-state index in [1.54, 1.807) is 6.92 Å². The van der Waals surface area contributed by atoms with Crippen LogP contribution in [-0.2, 0) is 16.0 Å². The number of hydrogen-bond acceptors (Lipinski definition) is 2. The molecule has 1 fully saturated rings. The van der Waals surface area contributed by atoms with E-state index in [-0.39, 0.29) is 12.3 Å². The molecule has 1 aliphatic rings. The van der Waals surface area contributed by atoms with Crippen LogP contribution in [0.4, 0.5) is 0 Å². The van der Waals surface area contributed by atoms with Gasteiger partial charge < -0.3 is 10.2 Å². The van der Waals surface area contributed by atoms with Gasteiger partial charge in [0.2, 0.25) is 0 Å². The summed E-state index contributed by atoms with van der Waals surface area (Å²) in [6, 6.07) is 7.50. The monoisotopic (exact) mass is 290 g/mol. The van der Waals surface area contributed by atoms with E-state index in [0.717, 1.165) is 17.5 Å². The maximum atomic E-state index is 11.7. The topological polar surface area (TPSA) is 74.6 Å². The van der Waals surface area contributed by atoms with Crippen molar-refractivity contribution in [1.29, 1.82) is 0 Å². The van der Waals surface area contributed by atoms with E-state index in [1.165, 1.54) is 0 Å². The zero-order valence-electron chi connectivity index (χ0n) is 12.7. The summed E-state index contributed by atoms with van der Waals surface area (Å²) in [5.74, 6) is -1.57. The molecule has 2 unspecified atom stereocenters. The van der Waals surface area contributed by atoms with Crippen LogP contribution in [0.2, 0.25) is 0 Å². The Morgan fingerprint density at radius 3 is 2.33 bits per heavy atom. The predicted octanol–water partition coefficient (Wildman–Crippen LogP) is 3.31. The van der Waals surface area contributed by atoms with E-state index in [0.29, 0.717) is 6.42 Å². The third-order valence-electron chi connectivity index (χ3n) is 5.47. The minimum absolute atomic E-state index is 0.0213. The van der Waals surface area contributed by atoms with Crippen LogP contribution < -0.4 is 0 Å². The molecule has 1 aliphatic carbocycles. The summed E-state index contributed by atoms with van der Waals surface area (Å²) < 4.78 is 0. The van der Waals surface area contributed by atoms with Gasteiger partial charge in [-0.25, -0.2) is 0 Å². The molecular formula is C17H22O4. The van der Waals surface area contributed by atoms with Gasteiger partial charge in [0, 0.05) is 0 Å². The third-order valence-corrected chi connectivity index (χ3v) is 5.47. The molecule has 0 aromatic heterocycles. The normalized spacial score (nSPS) is 27.5. The molecule has 114 valence electrons. The van der Waals surface area contributed by atoms with E-state index in [2.05, 4.69) is 0 Å². The van der Waals surface area contributed by atoms with Crippen molar-refractivity contribution in [1.82, 2.24) is 0 Å². The van der Waals surface area contributed by atoms with Gasteiger partial charge in [-0.15, -0.1) is 0 Å². The Kier molecular flexibility index (Phi) is 3.83. The number of hydrogen-bond donors (Lipinski definition) is 2. The highest BCUT2D eigenvalue weighted by atomic mass is 16.4. The minimum Gasteiger partial charge on any atom is -0.481 e. The molecule has 0 radical (unpaired) electrons. The van der Waals surface area contributed by atoms with Crippen molar-refractivity contribution in [3.63, 3.8) is 0 Å². The van der Waals surface area contributed by atoms with Crippen LogP contribution in [0.5, 0.6) is 0 Å². The summed E-state index contributed by atoms with van der Waals surface area (Å²) in [6.07, 6.45) is 1.36. The average Bonchev–Trinajstić information content (AvgIpc) is 2.62. The SMILES string of the molecule is CC1(C(=O)O)CCC(c2ccccc2CC(=O)O)C1(C)C. The Morgan fingerprint density at radius 1 is 1.19 bits per heavy atom. The lowest BCUT2D eigenvalue weighted by atomic mass is 9.64. The lowest BCUT2D eigenvalue weighted by molar-refractivity contribution is -0.153. The van der Waals surface area contributed by atoms with Crippen LogP contribution in [0.1, 0.15) is 50.7 Å². The molecule has 1 aromatic carbocycles. The van der Waals surface area contributed by atoms with E-state index in [4.69, 9.17) is 5.11 Å². The quantitative estimate of drug-likeness (QED) is 0.892. The molecule has 4 heteroatoms. The van der Waals surface area contributed by atoms with Crippen LogP contribution in [-0.4, -0.2) is 22.2 Å². The van der Waals surface area contributed by atoms with Crippen molar-refractivity contribution in [2.45, 2.75) is 46.0 Å². The van der Waals surface area contributed by atoms with Crippen LogP contribution >= 0.6 is 0 Å². The molecule has 0 saturated heterocycles. The second kappa shape index (κ2) is 5.17. The summed E-state index contributed by atoms with van der Waals surface area (Å²) in [7, 11) is 0. The number of carbonyl (C=O) groups is 2. The van der Waals surface area contributed by atoms with Gasteiger partial charge in [0.1, 0.15) is 0 Å². The Labute approximate surface area is 124 Å². The van der Waals surface area contributed by atoms with Crippen LogP contribution in [0.15, 0.2) is 24.3 Å². The van der Waals surface area contributed by atoms with Crippen molar-refractivity contribution in [2.24, 2.45) is 10.8 Å². The van der Waals surface area contributed by atoms with Crippen molar-refractivity contribution >= 4 is 11.9 Å². The lowest BCUT2D eigenvalue weighted by Crippen LogP contribution is -2.40. The Hall–Kier alpha value is -1.84. The summed E-state index contributed by atoms with van der Waals surface area (Å²) in [5, 5.41) is 18.7. The first kappa shape index (κ1) is 15.5. The Balaban J connectivity index is 2.45. The number of rotatable bonds is 4. The summed E-state index contributed by atoms with van der Waals surface area (Å²) in [5.41, 5.74) is 0.564. The van der Waals surface area contributed by atoms with Gasteiger partial charge in [-0.2, -0.15) is 0 Å². The average molecular weight is 290 g/mol. The van der Waals surface area contributed by atoms with Crippen molar-refractivity contribution in [3.05, 3.63) is 35.4 Å². The molecule has 0 bridgehead atoms. The highest BCUT2D eigenvalue weighted by Gasteiger charge is 2.56. The fourth-order valence-electron chi connectivity index (χ4n) is 3.63. The molecule has 2 atom stereocenters. The first-order valence-corrected chi connectivity index (χ1v) is 7.23. The summed E-state index contributed by atoms with van der Waals surface area (Å²) >= 11 is 0. The van der Waals surface area contributed by atoms with Gasteiger partial charge in [-0.3, -0.25) is 9.59 Å². The molecular weight excluding hydrogens is 268 g/mol. The van der Waals surface area contributed by atoms with Gasteiger partial charge in [0.15, 0.2) is 0 Å². The molecule has 1 aromatic rings. The largest absolute Gasteiger partial charge is 0.481 e. The second-order valence-corrected chi connectivity index (χ2v) is 6.72.